The highest BCUT2D eigenvalue weighted by atomic mass is 35.5. The Kier molecular flexibility index (Phi) is 7.26. The minimum absolute atomic E-state index is 0.0454. The van der Waals surface area contributed by atoms with Gasteiger partial charge in [0.05, 0.1) is 33.5 Å². The third-order valence-electron chi connectivity index (χ3n) is 5.60. The summed E-state index contributed by atoms with van der Waals surface area (Å²) in [5.41, 5.74) is 2.40. The standard InChI is InChI=1S/C23H18ClF3N8OS/c1-36-7-6-17(34-11-14(9-31-34)19-10-29-23(37-19)22(26)27)16-4-2-13(8-28-16)20-18(35-12-30-32-33-35)5-3-15(24)21(20)25/h2-5,8-12,17,22H,6-7H2,1H3. The van der Waals surface area contributed by atoms with Crippen LogP contribution in [0.1, 0.15) is 29.6 Å². The van der Waals surface area contributed by atoms with E-state index in [-0.39, 0.29) is 21.6 Å². The highest BCUT2D eigenvalue weighted by Gasteiger charge is 2.21. The van der Waals surface area contributed by atoms with E-state index in [1.807, 2.05) is 0 Å². The Morgan fingerprint density at radius 2 is 1.95 bits per heavy atom. The van der Waals surface area contributed by atoms with Gasteiger partial charge < -0.3 is 4.74 Å². The van der Waals surface area contributed by atoms with Crippen molar-refractivity contribution in [1.29, 1.82) is 0 Å². The molecule has 0 spiro atoms. The molecule has 37 heavy (non-hydrogen) atoms. The SMILES string of the molecule is COCCC(c1ccc(-c2c(-n3cnnn3)ccc(Cl)c2F)cn1)n1cc(-c2cnc(C(F)F)s2)cn1. The largest absolute Gasteiger partial charge is 0.385 e. The fourth-order valence-electron chi connectivity index (χ4n) is 3.83. The summed E-state index contributed by atoms with van der Waals surface area (Å²) < 4.78 is 49.4. The number of hydrogen-bond donors (Lipinski definition) is 0. The molecule has 0 bridgehead atoms. The molecule has 0 radical (unpaired) electrons. The van der Waals surface area contributed by atoms with Gasteiger partial charge in [-0.25, -0.2) is 18.2 Å². The van der Waals surface area contributed by atoms with Crippen LogP contribution in [0.3, 0.4) is 0 Å². The van der Waals surface area contributed by atoms with E-state index in [4.69, 9.17) is 16.3 Å². The van der Waals surface area contributed by atoms with E-state index < -0.39 is 12.2 Å². The second-order valence-corrected chi connectivity index (χ2v) is 9.32. The quantitative estimate of drug-likeness (QED) is 0.244. The van der Waals surface area contributed by atoms with Crippen LogP contribution in [0.2, 0.25) is 5.02 Å². The first-order valence-electron chi connectivity index (χ1n) is 10.9. The zero-order chi connectivity index (χ0) is 25.9. The van der Waals surface area contributed by atoms with Crippen molar-refractivity contribution in [3.8, 4) is 27.3 Å². The Labute approximate surface area is 217 Å². The number of benzene rings is 1. The van der Waals surface area contributed by atoms with Crippen LogP contribution in [0.15, 0.2) is 55.4 Å². The van der Waals surface area contributed by atoms with Crippen molar-refractivity contribution in [3.05, 3.63) is 76.9 Å². The molecule has 5 rings (SSSR count). The highest BCUT2D eigenvalue weighted by Crippen LogP contribution is 2.35. The summed E-state index contributed by atoms with van der Waals surface area (Å²) in [4.78, 5) is 8.95. The lowest BCUT2D eigenvalue weighted by Crippen LogP contribution is -2.15. The van der Waals surface area contributed by atoms with Gasteiger partial charge >= 0.3 is 0 Å². The molecule has 1 atom stereocenters. The van der Waals surface area contributed by atoms with E-state index in [2.05, 4.69) is 30.6 Å². The zero-order valence-electron chi connectivity index (χ0n) is 19.2. The van der Waals surface area contributed by atoms with Crippen LogP contribution in [-0.4, -0.2) is 53.7 Å². The predicted octanol–water partition coefficient (Wildman–Crippen LogP) is 5.40. The Morgan fingerprint density at radius 3 is 2.62 bits per heavy atom. The Morgan fingerprint density at radius 1 is 1.08 bits per heavy atom. The van der Waals surface area contributed by atoms with Gasteiger partial charge in [0, 0.05) is 49.0 Å². The molecule has 0 aliphatic heterocycles. The topological polar surface area (TPSA) is 96.4 Å². The van der Waals surface area contributed by atoms with Crippen molar-refractivity contribution < 1.29 is 17.9 Å². The average Bonchev–Trinajstić information content (AvgIpc) is 3.68. The number of alkyl halides is 2. The van der Waals surface area contributed by atoms with Gasteiger partial charge in [0.1, 0.15) is 6.33 Å². The summed E-state index contributed by atoms with van der Waals surface area (Å²) in [5, 5.41) is 15.2. The lowest BCUT2D eigenvalue weighted by Gasteiger charge is -2.18. The Bertz CT molecular complexity index is 1490. The van der Waals surface area contributed by atoms with Crippen LogP contribution in [0.5, 0.6) is 0 Å². The molecule has 5 aromatic rings. The monoisotopic (exact) mass is 546 g/mol. The van der Waals surface area contributed by atoms with Gasteiger partial charge in [-0.05, 0) is 35.0 Å². The van der Waals surface area contributed by atoms with E-state index >= 15 is 4.39 Å². The van der Waals surface area contributed by atoms with Gasteiger partial charge in [-0.3, -0.25) is 9.67 Å². The van der Waals surface area contributed by atoms with Gasteiger partial charge in [0.2, 0.25) is 0 Å². The number of ether oxygens (including phenoxy) is 1. The minimum Gasteiger partial charge on any atom is -0.385 e. The van der Waals surface area contributed by atoms with Crippen LogP contribution in [0.25, 0.3) is 27.3 Å². The molecule has 0 saturated carbocycles. The molecule has 9 nitrogen and oxygen atoms in total. The van der Waals surface area contributed by atoms with E-state index in [1.54, 1.807) is 48.6 Å². The molecule has 0 saturated heterocycles. The van der Waals surface area contributed by atoms with Gasteiger partial charge in [-0.1, -0.05) is 17.7 Å². The maximum atomic E-state index is 15.1. The van der Waals surface area contributed by atoms with Gasteiger partial charge in [-0.15, -0.1) is 16.4 Å². The summed E-state index contributed by atoms with van der Waals surface area (Å²) in [6.07, 6.45) is 5.57. The summed E-state index contributed by atoms with van der Waals surface area (Å²) in [7, 11) is 1.59. The van der Waals surface area contributed by atoms with Crippen molar-refractivity contribution in [3.63, 3.8) is 0 Å². The van der Waals surface area contributed by atoms with Crippen molar-refractivity contribution in [2.45, 2.75) is 18.9 Å². The Hall–Kier alpha value is -3.68. The molecule has 0 aliphatic carbocycles. The van der Waals surface area contributed by atoms with Gasteiger partial charge in [0.15, 0.2) is 10.8 Å². The highest BCUT2D eigenvalue weighted by molar-refractivity contribution is 7.15. The number of rotatable bonds is 9. The molecule has 1 unspecified atom stereocenters. The Balaban J connectivity index is 1.48. The number of pyridine rings is 1. The molecule has 1 aromatic carbocycles. The van der Waals surface area contributed by atoms with Crippen molar-refractivity contribution in [2.24, 2.45) is 0 Å². The summed E-state index contributed by atoms with van der Waals surface area (Å²) >= 11 is 6.98. The third-order valence-corrected chi connectivity index (χ3v) is 6.94. The first kappa shape index (κ1) is 25.0. The summed E-state index contributed by atoms with van der Waals surface area (Å²) in [6, 6.07) is 6.22. The maximum Gasteiger partial charge on any atom is 0.289 e. The van der Waals surface area contributed by atoms with Crippen LogP contribution < -0.4 is 0 Å². The molecule has 4 heterocycles. The van der Waals surface area contributed by atoms with Crippen LogP contribution in [0.4, 0.5) is 13.2 Å². The molecule has 14 heteroatoms. The maximum absolute atomic E-state index is 15.1. The smallest absolute Gasteiger partial charge is 0.289 e. The summed E-state index contributed by atoms with van der Waals surface area (Å²) in [6.45, 7) is 0.422. The zero-order valence-corrected chi connectivity index (χ0v) is 20.7. The second kappa shape index (κ2) is 10.7. The third kappa shape index (κ3) is 5.10. The molecule has 0 amide bonds. The fraction of sp³-hybridized carbons (Fsp3) is 0.217. The minimum atomic E-state index is -2.63. The van der Waals surface area contributed by atoms with Crippen molar-refractivity contribution >= 4 is 22.9 Å². The molecule has 190 valence electrons. The van der Waals surface area contributed by atoms with Gasteiger partial charge in [-0.2, -0.15) is 9.78 Å². The average molecular weight is 547 g/mol. The lowest BCUT2D eigenvalue weighted by atomic mass is 10.0. The number of thiazole rings is 1. The van der Waals surface area contributed by atoms with E-state index in [1.165, 1.54) is 23.3 Å². The first-order chi connectivity index (χ1) is 18.0. The molecular weight excluding hydrogens is 529 g/mol. The van der Waals surface area contributed by atoms with Crippen LogP contribution in [-0.2, 0) is 4.74 Å². The lowest BCUT2D eigenvalue weighted by molar-refractivity contribution is 0.151. The van der Waals surface area contributed by atoms with Crippen molar-refractivity contribution in [1.82, 2.24) is 40.0 Å². The van der Waals surface area contributed by atoms with Gasteiger partial charge in [0.25, 0.3) is 6.43 Å². The first-order valence-corrected chi connectivity index (χ1v) is 12.1. The number of tetrazole rings is 1. The molecule has 0 N–H and O–H groups in total. The number of aromatic nitrogens is 8. The molecule has 4 aromatic heterocycles. The number of hydrogen-bond acceptors (Lipinski definition) is 8. The van der Waals surface area contributed by atoms with E-state index in [0.717, 1.165) is 11.3 Å². The second-order valence-electron chi connectivity index (χ2n) is 7.85. The van der Waals surface area contributed by atoms with E-state index in [0.29, 0.717) is 40.4 Å². The van der Waals surface area contributed by atoms with E-state index in [9.17, 15) is 8.78 Å². The molecular formula is C23H18ClF3N8OS. The van der Waals surface area contributed by atoms with Crippen LogP contribution >= 0.6 is 22.9 Å². The van der Waals surface area contributed by atoms with Crippen molar-refractivity contribution in [2.75, 3.05) is 13.7 Å². The predicted molar refractivity (Wildman–Crippen MR) is 130 cm³/mol. The molecule has 0 aliphatic rings. The van der Waals surface area contributed by atoms with Crippen LogP contribution in [0, 0.1) is 5.82 Å². The fourth-order valence-corrected chi connectivity index (χ4v) is 4.74. The number of nitrogens with zero attached hydrogens (tertiary/aromatic N) is 8. The number of halogens is 4. The molecule has 0 fully saturated rings. The number of methoxy groups -OCH3 is 1. The summed E-state index contributed by atoms with van der Waals surface area (Å²) in [5.74, 6) is -0.621. The normalized spacial score (nSPS) is 12.4.